The molecule has 0 amide bonds. The van der Waals surface area contributed by atoms with E-state index in [9.17, 15) is 4.39 Å². The molecule has 0 aliphatic heterocycles. The first-order valence-electron chi connectivity index (χ1n) is 10.6. The summed E-state index contributed by atoms with van der Waals surface area (Å²) in [5, 5.41) is 3.66. The first kappa shape index (κ1) is 18.3. The smallest absolute Gasteiger partial charge is 0.207 e. The van der Waals surface area contributed by atoms with Gasteiger partial charge in [0.05, 0.1) is 12.3 Å². The Morgan fingerprint density at radius 3 is 2.28 bits per heavy atom. The Labute approximate surface area is 174 Å². The second kappa shape index (κ2) is 6.66. The van der Waals surface area contributed by atoms with E-state index in [0.717, 1.165) is 32.9 Å². The van der Waals surface area contributed by atoms with Crippen LogP contribution in [0.2, 0.25) is 0 Å². The van der Waals surface area contributed by atoms with Crippen molar-refractivity contribution < 1.29 is 10.3 Å². The SMILES string of the molecule is [2H]c1c(C)[n+](C)c(-c2cc(C(C)(C)C)cc(C)c2C)c2ccc3cc(F)ccc3c12. The molecule has 29 heavy (non-hydrogen) atoms. The van der Waals surface area contributed by atoms with Gasteiger partial charge in [0.1, 0.15) is 12.9 Å². The molecular formula is C27H29FN+. The highest BCUT2D eigenvalue weighted by Crippen LogP contribution is 2.36. The topological polar surface area (TPSA) is 3.88 Å². The lowest BCUT2D eigenvalue weighted by Crippen LogP contribution is -2.35. The van der Waals surface area contributed by atoms with Gasteiger partial charge >= 0.3 is 0 Å². The normalized spacial score (nSPS) is 12.6. The molecule has 0 saturated heterocycles. The lowest BCUT2D eigenvalue weighted by Gasteiger charge is -2.22. The number of pyridine rings is 1. The molecule has 0 N–H and O–H groups in total. The van der Waals surface area contributed by atoms with Crippen molar-refractivity contribution in [1.82, 2.24) is 0 Å². The first-order chi connectivity index (χ1) is 14.0. The molecule has 0 radical (unpaired) electrons. The zero-order valence-corrected chi connectivity index (χ0v) is 18.4. The summed E-state index contributed by atoms with van der Waals surface area (Å²) in [5.74, 6) is -0.254. The second-order valence-corrected chi connectivity index (χ2v) is 9.19. The van der Waals surface area contributed by atoms with Crippen LogP contribution >= 0.6 is 0 Å². The van der Waals surface area contributed by atoms with Crippen LogP contribution in [0.1, 0.15) is 44.5 Å². The highest BCUT2D eigenvalue weighted by atomic mass is 19.1. The van der Waals surface area contributed by atoms with Gasteiger partial charge in [0, 0.05) is 18.4 Å². The van der Waals surface area contributed by atoms with Crippen molar-refractivity contribution in [2.45, 2.75) is 47.0 Å². The molecule has 0 aliphatic rings. The van der Waals surface area contributed by atoms with E-state index in [4.69, 9.17) is 1.37 Å². The van der Waals surface area contributed by atoms with Gasteiger partial charge in [-0.15, -0.1) is 0 Å². The van der Waals surface area contributed by atoms with Crippen molar-refractivity contribution in [2.24, 2.45) is 7.05 Å². The lowest BCUT2D eigenvalue weighted by molar-refractivity contribution is -0.665. The average Bonchev–Trinajstić information content (AvgIpc) is 2.67. The van der Waals surface area contributed by atoms with Gasteiger partial charge in [-0.2, -0.15) is 4.57 Å². The van der Waals surface area contributed by atoms with E-state index < -0.39 is 0 Å². The molecule has 0 atom stereocenters. The molecule has 0 spiro atoms. The third-order valence-electron chi connectivity index (χ3n) is 6.17. The molecule has 0 bridgehead atoms. The minimum absolute atomic E-state index is 0.0379. The Morgan fingerprint density at radius 2 is 1.59 bits per heavy atom. The molecule has 2 heteroatoms. The number of nitrogens with zero attached hydrogens (tertiary/aromatic N) is 1. The summed E-state index contributed by atoms with van der Waals surface area (Å²) >= 11 is 0. The standard InChI is InChI=1S/C27H29FN/c1-16-12-20(27(4,5)6)15-24(18(16)3)26-23-10-8-19-14-21(28)9-11-22(19)25(23)13-17(2)29(26)7/h8-15H,1-7H3/q+1/i13D. The molecule has 3 aromatic carbocycles. The summed E-state index contributed by atoms with van der Waals surface area (Å²) in [6.45, 7) is 13.0. The fraction of sp³-hybridized carbons (Fsp3) is 0.296. The summed E-state index contributed by atoms with van der Waals surface area (Å²) in [6.07, 6.45) is 0. The van der Waals surface area contributed by atoms with Crippen molar-refractivity contribution in [3.63, 3.8) is 0 Å². The van der Waals surface area contributed by atoms with Crippen molar-refractivity contribution in [2.75, 3.05) is 0 Å². The van der Waals surface area contributed by atoms with Gasteiger partial charge in [-0.25, -0.2) is 4.39 Å². The molecule has 1 heterocycles. The van der Waals surface area contributed by atoms with Crippen LogP contribution in [0.4, 0.5) is 4.39 Å². The molecule has 0 aliphatic carbocycles. The molecule has 1 nitrogen and oxygen atoms in total. The number of hydrogen-bond acceptors (Lipinski definition) is 0. The van der Waals surface area contributed by atoms with Crippen molar-refractivity contribution >= 4 is 21.5 Å². The lowest BCUT2D eigenvalue weighted by atomic mass is 9.82. The van der Waals surface area contributed by atoms with Crippen LogP contribution in [0.5, 0.6) is 0 Å². The zero-order chi connectivity index (χ0) is 22.0. The highest BCUT2D eigenvalue weighted by Gasteiger charge is 2.24. The van der Waals surface area contributed by atoms with Crippen LogP contribution in [0, 0.1) is 26.6 Å². The second-order valence-electron chi connectivity index (χ2n) is 9.19. The Balaban J connectivity index is 2.21. The molecular weight excluding hydrogens is 357 g/mol. The fourth-order valence-electron chi connectivity index (χ4n) is 4.11. The maximum Gasteiger partial charge on any atom is 0.220 e. The van der Waals surface area contributed by atoms with Gasteiger partial charge in [-0.05, 0) is 71.0 Å². The van der Waals surface area contributed by atoms with Gasteiger partial charge < -0.3 is 0 Å². The van der Waals surface area contributed by atoms with Gasteiger partial charge in [-0.3, -0.25) is 0 Å². The molecule has 4 rings (SSSR count). The summed E-state index contributed by atoms with van der Waals surface area (Å²) < 4.78 is 24.8. The van der Waals surface area contributed by atoms with Gasteiger partial charge in [0.15, 0.2) is 5.69 Å². The van der Waals surface area contributed by atoms with Gasteiger partial charge in [0.2, 0.25) is 5.69 Å². The van der Waals surface area contributed by atoms with Gasteiger partial charge in [0.25, 0.3) is 0 Å². The number of aryl methyl sites for hydroxylation is 1. The van der Waals surface area contributed by atoms with Crippen LogP contribution in [0.25, 0.3) is 32.8 Å². The van der Waals surface area contributed by atoms with E-state index in [2.05, 4.69) is 51.3 Å². The number of halogens is 1. The largest absolute Gasteiger partial charge is 0.220 e. The minimum Gasteiger partial charge on any atom is -0.207 e. The summed E-state index contributed by atoms with van der Waals surface area (Å²) in [7, 11) is 2.04. The van der Waals surface area contributed by atoms with E-state index in [1.165, 1.54) is 28.3 Å². The first-order valence-corrected chi connectivity index (χ1v) is 10.1. The predicted molar refractivity (Wildman–Crippen MR) is 121 cm³/mol. The summed E-state index contributed by atoms with van der Waals surface area (Å²) in [4.78, 5) is 0. The van der Waals surface area contributed by atoms with Crippen LogP contribution in [0.15, 0.2) is 48.5 Å². The third-order valence-corrected chi connectivity index (χ3v) is 6.17. The quantitative estimate of drug-likeness (QED) is 0.248. The van der Waals surface area contributed by atoms with Crippen LogP contribution in [-0.2, 0) is 12.5 Å². The summed E-state index contributed by atoms with van der Waals surface area (Å²) in [6, 6.07) is 13.9. The predicted octanol–water partition coefficient (Wildman–Crippen LogP) is 6.85. The number of benzene rings is 3. The highest BCUT2D eigenvalue weighted by molar-refractivity contribution is 6.11. The Kier molecular flexibility index (Phi) is 4.20. The Morgan fingerprint density at radius 1 is 0.897 bits per heavy atom. The maximum atomic E-state index is 13.8. The number of rotatable bonds is 1. The van der Waals surface area contributed by atoms with Crippen molar-refractivity contribution in [3.8, 4) is 11.3 Å². The molecule has 0 saturated carbocycles. The Hall–Kier alpha value is -2.74. The fourth-order valence-corrected chi connectivity index (χ4v) is 4.11. The van der Waals surface area contributed by atoms with Gasteiger partial charge in [-0.1, -0.05) is 39.0 Å². The van der Waals surface area contributed by atoms with E-state index in [0.29, 0.717) is 6.04 Å². The molecule has 148 valence electrons. The van der Waals surface area contributed by atoms with Crippen molar-refractivity contribution in [3.05, 3.63) is 76.7 Å². The minimum atomic E-state index is -0.254. The molecule has 4 aromatic rings. The van der Waals surface area contributed by atoms with E-state index in [1.807, 2.05) is 26.1 Å². The monoisotopic (exact) mass is 387 g/mol. The third kappa shape index (κ3) is 3.21. The average molecular weight is 388 g/mol. The molecule has 0 unspecified atom stereocenters. The zero-order valence-electron chi connectivity index (χ0n) is 19.4. The molecule has 1 aromatic heterocycles. The number of hydrogen-bond donors (Lipinski definition) is 0. The van der Waals surface area contributed by atoms with E-state index in [-0.39, 0.29) is 11.2 Å². The molecule has 0 fully saturated rings. The summed E-state index contributed by atoms with van der Waals surface area (Å²) in [5.41, 5.74) is 7.04. The van der Waals surface area contributed by atoms with Crippen LogP contribution in [-0.4, -0.2) is 0 Å². The maximum absolute atomic E-state index is 13.8. The number of fused-ring (bicyclic) bond motifs is 3. The van der Waals surface area contributed by atoms with Crippen molar-refractivity contribution in [1.29, 1.82) is 0 Å². The van der Waals surface area contributed by atoms with E-state index in [1.54, 1.807) is 12.1 Å². The van der Waals surface area contributed by atoms with Crippen LogP contribution in [0.3, 0.4) is 0 Å². The van der Waals surface area contributed by atoms with E-state index >= 15 is 0 Å². The number of aromatic nitrogens is 1. The van der Waals surface area contributed by atoms with Crippen LogP contribution < -0.4 is 4.57 Å². The Bertz CT molecular complexity index is 1330.